The summed E-state index contributed by atoms with van der Waals surface area (Å²) in [4.78, 5) is 12.2. The predicted molar refractivity (Wildman–Crippen MR) is 88.4 cm³/mol. The van der Waals surface area contributed by atoms with Crippen molar-refractivity contribution in [1.29, 1.82) is 0 Å². The average molecular weight is 343 g/mol. The number of carbonyl (C=O) groups is 1. The van der Waals surface area contributed by atoms with E-state index in [2.05, 4.69) is 33.0 Å². The van der Waals surface area contributed by atoms with E-state index in [-0.39, 0.29) is 17.9 Å². The Labute approximate surface area is 145 Å². The molecular formula is C17H21N5O3. The van der Waals surface area contributed by atoms with Gasteiger partial charge in [0.25, 0.3) is 0 Å². The number of benzene rings is 1. The lowest BCUT2D eigenvalue weighted by atomic mass is 9.78. The summed E-state index contributed by atoms with van der Waals surface area (Å²) in [6.07, 6.45) is 5.87. The van der Waals surface area contributed by atoms with Crippen LogP contribution in [0.1, 0.15) is 31.2 Å². The van der Waals surface area contributed by atoms with Gasteiger partial charge >= 0.3 is 0 Å². The van der Waals surface area contributed by atoms with Crippen LogP contribution in [0.3, 0.4) is 0 Å². The number of carbonyl (C=O) groups excluding carboxylic acids is 1. The maximum Gasteiger partial charge on any atom is 0.241 e. The van der Waals surface area contributed by atoms with E-state index in [9.17, 15) is 4.79 Å². The number of rotatable bonds is 5. The van der Waals surface area contributed by atoms with Crippen molar-refractivity contribution in [2.75, 3.05) is 19.8 Å². The highest BCUT2D eigenvalue weighted by atomic mass is 16.6. The normalized spacial score (nSPS) is 18.1. The Kier molecular flexibility index (Phi) is 4.25. The van der Waals surface area contributed by atoms with E-state index in [0.717, 1.165) is 37.2 Å². The lowest BCUT2D eigenvalue weighted by Gasteiger charge is -2.31. The van der Waals surface area contributed by atoms with Gasteiger partial charge < -0.3 is 14.8 Å². The first-order chi connectivity index (χ1) is 12.3. The zero-order valence-corrected chi connectivity index (χ0v) is 14.0. The van der Waals surface area contributed by atoms with Gasteiger partial charge in [-0.2, -0.15) is 0 Å². The molecule has 1 N–H and O–H groups in total. The van der Waals surface area contributed by atoms with Crippen LogP contribution in [0.4, 0.5) is 0 Å². The number of amides is 1. The molecule has 1 aliphatic carbocycles. The third kappa shape index (κ3) is 3.29. The van der Waals surface area contributed by atoms with E-state index in [4.69, 9.17) is 9.47 Å². The largest absolute Gasteiger partial charge is 0.486 e. The minimum absolute atomic E-state index is 0.0495. The van der Waals surface area contributed by atoms with Gasteiger partial charge in [-0.15, -0.1) is 5.10 Å². The summed E-state index contributed by atoms with van der Waals surface area (Å²) in [5.74, 6) is 1.51. The molecule has 0 bridgehead atoms. The zero-order valence-electron chi connectivity index (χ0n) is 14.0. The molecule has 2 aromatic rings. The Morgan fingerprint density at radius 3 is 2.76 bits per heavy atom. The number of nitrogens with one attached hydrogen (secondary N) is 1. The molecule has 2 heterocycles. The number of hydrogen-bond donors (Lipinski definition) is 1. The van der Waals surface area contributed by atoms with Gasteiger partial charge in [-0.25, -0.2) is 4.68 Å². The Morgan fingerprint density at radius 1 is 1.20 bits per heavy atom. The summed E-state index contributed by atoms with van der Waals surface area (Å²) < 4.78 is 12.8. The molecule has 0 unspecified atom stereocenters. The monoisotopic (exact) mass is 343 g/mol. The highest BCUT2D eigenvalue weighted by Crippen LogP contribution is 2.43. The van der Waals surface area contributed by atoms with Gasteiger partial charge in [0.05, 0.1) is 0 Å². The molecule has 132 valence electrons. The molecule has 25 heavy (non-hydrogen) atoms. The lowest BCUT2D eigenvalue weighted by molar-refractivity contribution is -0.122. The second-order valence-corrected chi connectivity index (χ2v) is 6.63. The molecular weight excluding hydrogens is 322 g/mol. The van der Waals surface area contributed by atoms with Gasteiger partial charge in [-0.1, -0.05) is 18.9 Å². The smallest absolute Gasteiger partial charge is 0.241 e. The van der Waals surface area contributed by atoms with Gasteiger partial charge in [0, 0.05) is 12.0 Å². The SMILES string of the molecule is O=C(Cn1cnnn1)NCC1(c2ccc3c(c2)OCCO3)CCCC1. The summed E-state index contributed by atoms with van der Waals surface area (Å²) in [7, 11) is 0. The van der Waals surface area contributed by atoms with E-state index >= 15 is 0 Å². The third-order valence-corrected chi connectivity index (χ3v) is 5.04. The third-order valence-electron chi connectivity index (χ3n) is 5.04. The van der Waals surface area contributed by atoms with E-state index in [1.54, 1.807) is 0 Å². The maximum atomic E-state index is 12.2. The summed E-state index contributed by atoms with van der Waals surface area (Å²) >= 11 is 0. The first-order valence-corrected chi connectivity index (χ1v) is 8.63. The van der Waals surface area contributed by atoms with Crippen molar-refractivity contribution in [1.82, 2.24) is 25.5 Å². The minimum Gasteiger partial charge on any atom is -0.486 e. The Bertz CT molecular complexity index is 741. The molecule has 1 saturated carbocycles. The molecule has 1 aromatic carbocycles. The molecule has 0 spiro atoms. The van der Waals surface area contributed by atoms with Crippen molar-refractivity contribution < 1.29 is 14.3 Å². The Hall–Kier alpha value is -2.64. The van der Waals surface area contributed by atoms with E-state index in [1.165, 1.54) is 16.6 Å². The molecule has 2 aliphatic rings. The second-order valence-electron chi connectivity index (χ2n) is 6.63. The summed E-state index contributed by atoms with van der Waals surface area (Å²) in [6.45, 7) is 1.90. The maximum absolute atomic E-state index is 12.2. The van der Waals surface area contributed by atoms with Crippen LogP contribution in [0.5, 0.6) is 11.5 Å². The molecule has 1 aliphatic heterocycles. The van der Waals surface area contributed by atoms with Crippen molar-refractivity contribution in [3.8, 4) is 11.5 Å². The summed E-state index contributed by atoms with van der Waals surface area (Å²) in [5.41, 5.74) is 1.16. The number of hydrogen-bond acceptors (Lipinski definition) is 6. The van der Waals surface area contributed by atoms with Gasteiger partial charge in [0.2, 0.25) is 5.91 Å². The van der Waals surface area contributed by atoms with Crippen LogP contribution in [0.25, 0.3) is 0 Å². The Morgan fingerprint density at radius 2 is 2.00 bits per heavy atom. The molecule has 8 nitrogen and oxygen atoms in total. The van der Waals surface area contributed by atoms with Crippen molar-refractivity contribution in [2.45, 2.75) is 37.6 Å². The van der Waals surface area contributed by atoms with Crippen LogP contribution < -0.4 is 14.8 Å². The quantitative estimate of drug-likeness (QED) is 0.873. The first-order valence-electron chi connectivity index (χ1n) is 8.63. The Balaban J connectivity index is 1.49. The van der Waals surface area contributed by atoms with Crippen LogP contribution in [0.2, 0.25) is 0 Å². The number of tetrazole rings is 1. The van der Waals surface area contributed by atoms with Crippen molar-refractivity contribution >= 4 is 5.91 Å². The molecule has 1 amide bonds. The molecule has 0 atom stereocenters. The van der Waals surface area contributed by atoms with Gasteiger partial charge in [-0.3, -0.25) is 4.79 Å². The lowest BCUT2D eigenvalue weighted by Crippen LogP contribution is -2.40. The first kappa shape index (κ1) is 15.9. The van der Waals surface area contributed by atoms with Crippen LogP contribution in [0.15, 0.2) is 24.5 Å². The fraction of sp³-hybridized carbons (Fsp3) is 0.529. The summed E-state index contributed by atoms with van der Waals surface area (Å²) in [5, 5.41) is 13.9. The number of nitrogens with zero attached hydrogens (tertiary/aromatic N) is 4. The highest BCUT2D eigenvalue weighted by Gasteiger charge is 2.36. The van der Waals surface area contributed by atoms with Gasteiger partial charge in [0.1, 0.15) is 26.1 Å². The molecule has 1 fully saturated rings. The van der Waals surface area contributed by atoms with Crippen LogP contribution in [-0.2, 0) is 16.8 Å². The molecule has 8 heteroatoms. The number of aromatic nitrogens is 4. The van der Waals surface area contributed by atoms with Crippen LogP contribution >= 0.6 is 0 Å². The average Bonchev–Trinajstić information content (AvgIpc) is 3.32. The van der Waals surface area contributed by atoms with Crippen molar-refractivity contribution in [2.24, 2.45) is 0 Å². The molecule has 1 aromatic heterocycles. The van der Waals surface area contributed by atoms with Gasteiger partial charge in [0.15, 0.2) is 11.5 Å². The molecule has 4 rings (SSSR count). The van der Waals surface area contributed by atoms with E-state index in [0.29, 0.717) is 19.8 Å². The fourth-order valence-electron chi connectivity index (χ4n) is 3.72. The second kappa shape index (κ2) is 6.70. The van der Waals surface area contributed by atoms with Crippen LogP contribution in [0, 0.1) is 0 Å². The molecule has 0 radical (unpaired) electrons. The number of ether oxygens (including phenoxy) is 2. The minimum atomic E-state index is -0.0869. The van der Waals surface area contributed by atoms with E-state index in [1.807, 2.05) is 6.07 Å². The zero-order chi connectivity index (χ0) is 17.1. The fourth-order valence-corrected chi connectivity index (χ4v) is 3.72. The van der Waals surface area contributed by atoms with Crippen molar-refractivity contribution in [3.05, 3.63) is 30.1 Å². The van der Waals surface area contributed by atoms with Crippen molar-refractivity contribution in [3.63, 3.8) is 0 Å². The number of fused-ring (bicyclic) bond motifs is 1. The molecule has 0 saturated heterocycles. The van der Waals surface area contributed by atoms with Gasteiger partial charge in [-0.05, 0) is 41.0 Å². The predicted octanol–water partition coefficient (Wildman–Crippen LogP) is 1.07. The van der Waals surface area contributed by atoms with E-state index < -0.39 is 0 Å². The standard InChI is InChI=1S/C17H21N5O3/c23-16(10-22-12-19-20-21-22)18-11-17(5-1-2-6-17)13-3-4-14-15(9-13)25-8-7-24-14/h3-4,9,12H,1-2,5-8,10-11H2,(H,18,23). The van der Waals surface area contributed by atoms with Crippen LogP contribution in [-0.4, -0.2) is 45.9 Å². The highest BCUT2D eigenvalue weighted by molar-refractivity contribution is 5.75. The topological polar surface area (TPSA) is 91.2 Å². The summed E-state index contributed by atoms with van der Waals surface area (Å²) in [6, 6.07) is 6.16.